The maximum Gasteiger partial charge on any atom is 0.0122 e. The molecule has 0 N–H and O–H groups in total. The minimum atomic E-state index is 0.980. The van der Waals surface area contributed by atoms with Crippen LogP contribution in [0.2, 0.25) is 0 Å². The first-order valence-corrected chi connectivity index (χ1v) is 5.57. The Hall–Kier alpha value is 0.0900. The zero-order valence-corrected chi connectivity index (χ0v) is 7.99. The van der Waals surface area contributed by atoms with Crippen molar-refractivity contribution in [1.82, 2.24) is 0 Å². The molecule has 0 nitrogen and oxygen atoms in total. The topological polar surface area (TPSA) is 0 Å². The van der Waals surface area contributed by atoms with Crippen LogP contribution in [0, 0.1) is 5.92 Å². The van der Waals surface area contributed by atoms with Gasteiger partial charge < -0.3 is 0 Å². The van der Waals surface area contributed by atoms with E-state index < -0.39 is 0 Å². The molecular formula is C10H16S. The van der Waals surface area contributed by atoms with Crippen molar-refractivity contribution in [3.63, 3.8) is 0 Å². The van der Waals surface area contributed by atoms with E-state index in [2.05, 4.69) is 24.8 Å². The van der Waals surface area contributed by atoms with E-state index in [1.165, 1.54) is 32.1 Å². The highest BCUT2D eigenvalue weighted by atomic mass is 32.2. The van der Waals surface area contributed by atoms with Crippen molar-refractivity contribution < 1.29 is 0 Å². The van der Waals surface area contributed by atoms with Gasteiger partial charge in [0.2, 0.25) is 0 Å². The fraction of sp³-hybridized carbons (Fsp3) is 0.800. The van der Waals surface area contributed by atoms with E-state index in [1.807, 2.05) is 0 Å². The molecule has 2 atom stereocenters. The van der Waals surface area contributed by atoms with E-state index in [4.69, 9.17) is 0 Å². The molecule has 62 valence electrons. The van der Waals surface area contributed by atoms with E-state index in [0.29, 0.717) is 0 Å². The van der Waals surface area contributed by atoms with Gasteiger partial charge in [0.25, 0.3) is 0 Å². The Labute approximate surface area is 73.4 Å². The molecule has 1 saturated carbocycles. The molecule has 1 heterocycles. The van der Waals surface area contributed by atoms with Gasteiger partial charge in [-0.3, -0.25) is 0 Å². The van der Waals surface area contributed by atoms with Crippen LogP contribution in [0.1, 0.15) is 39.0 Å². The molecule has 0 aromatic rings. The third kappa shape index (κ3) is 1.64. The van der Waals surface area contributed by atoms with E-state index in [-0.39, 0.29) is 0 Å². The Balaban J connectivity index is 2.04. The first-order valence-electron chi connectivity index (χ1n) is 4.69. The summed E-state index contributed by atoms with van der Waals surface area (Å²) in [5.74, 6) is 1.03. The van der Waals surface area contributed by atoms with Gasteiger partial charge in [-0.1, -0.05) is 18.9 Å². The van der Waals surface area contributed by atoms with Crippen LogP contribution in [-0.4, -0.2) is 5.25 Å². The average molecular weight is 168 g/mol. The lowest BCUT2D eigenvalue weighted by Crippen LogP contribution is -2.23. The minimum Gasteiger partial charge on any atom is -0.128 e. The van der Waals surface area contributed by atoms with Gasteiger partial charge in [-0.05, 0) is 37.0 Å². The van der Waals surface area contributed by atoms with Gasteiger partial charge in [-0.25, -0.2) is 0 Å². The highest BCUT2D eigenvalue weighted by Gasteiger charge is 2.27. The van der Waals surface area contributed by atoms with Crippen LogP contribution in [0.25, 0.3) is 0 Å². The van der Waals surface area contributed by atoms with Gasteiger partial charge in [0.1, 0.15) is 0 Å². The number of fused-ring (bicyclic) bond motifs is 1. The third-order valence-corrected chi connectivity index (χ3v) is 4.35. The van der Waals surface area contributed by atoms with E-state index in [9.17, 15) is 0 Å². The maximum absolute atomic E-state index is 2.43. The summed E-state index contributed by atoms with van der Waals surface area (Å²) in [7, 11) is 0. The predicted octanol–water partition coefficient (Wildman–Crippen LogP) is 3.59. The van der Waals surface area contributed by atoms with Crippen molar-refractivity contribution in [2.45, 2.75) is 44.3 Å². The molecule has 1 heteroatoms. The normalized spacial score (nSPS) is 37.7. The molecule has 2 unspecified atom stereocenters. The van der Waals surface area contributed by atoms with Crippen molar-refractivity contribution in [1.29, 1.82) is 0 Å². The lowest BCUT2D eigenvalue weighted by Gasteiger charge is -2.33. The van der Waals surface area contributed by atoms with Crippen molar-refractivity contribution in [3.8, 4) is 0 Å². The molecule has 2 aliphatic rings. The molecule has 0 saturated heterocycles. The van der Waals surface area contributed by atoms with Crippen molar-refractivity contribution in [2.24, 2.45) is 5.92 Å². The number of hydrogen-bond donors (Lipinski definition) is 0. The van der Waals surface area contributed by atoms with Crippen LogP contribution < -0.4 is 0 Å². The Kier molecular flexibility index (Phi) is 2.26. The maximum atomic E-state index is 2.43. The SMILES string of the molecule is CC1=CCC2CCCCC2S1. The fourth-order valence-corrected chi connectivity index (χ4v) is 3.60. The van der Waals surface area contributed by atoms with E-state index in [0.717, 1.165) is 11.2 Å². The second-order valence-corrected chi connectivity index (χ2v) is 5.24. The van der Waals surface area contributed by atoms with Crippen LogP contribution in [0.5, 0.6) is 0 Å². The largest absolute Gasteiger partial charge is 0.128 e. The summed E-state index contributed by atoms with van der Waals surface area (Å²) in [6, 6.07) is 0. The van der Waals surface area contributed by atoms with E-state index >= 15 is 0 Å². The van der Waals surface area contributed by atoms with E-state index in [1.54, 1.807) is 4.91 Å². The monoisotopic (exact) mass is 168 g/mol. The predicted molar refractivity (Wildman–Crippen MR) is 51.7 cm³/mol. The molecule has 1 fully saturated rings. The summed E-state index contributed by atoms with van der Waals surface area (Å²) in [6.45, 7) is 2.26. The van der Waals surface area contributed by atoms with Crippen molar-refractivity contribution in [3.05, 3.63) is 11.0 Å². The average Bonchev–Trinajstić information content (AvgIpc) is 2.04. The minimum absolute atomic E-state index is 0.980. The second kappa shape index (κ2) is 3.22. The Morgan fingerprint density at radius 2 is 2.18 bits per heavy atom. The zero-order valence-electron chi connectivity index (χ0n) is 7.18. The molecule has 1 aliphatic carbocycles. The lowest BCUT2D eigenvalue weighted by molar-refractivity contribution is 0.371. The highest BCUT2D eigenvalue weighted by molar-refractivity contribution is 8.03. The Morgan fingerprint density at radius 3 is 3.09 bits per heavy atom. The molecule has 0 amide bonds. The summed E-state index contributed by atoms with van der Waals surface area (Å²) in [4.78, 5) is 1.56. The Bertz CT molecular complexity index is 172. The molecular weight excluding hydrogens is 152 g/mol. The zero-order chi connectivity index (χ0) is 7.68. The third-order valence-electron chi connectivity index (χ3n) is 2.88. The summed E-state index contributed by atoms with van der Waals surface area (Å²) >= 11 is 2.13. The molecule has 11 heavy (non-hydrogen) atoms. The fourth-order valence-electron chi connectivity index (χ4n) is 2.20. The van der Waals surface area contributed by atoms with Crippen LogP contribution in [0.4, 0.5) is 0 Å². The van der Waals surface area contributed by atoms with Gasteiger partial charge in [-0.15, -0.1) is 11.8 Å². The molecule has 1 aliphatic heterocycles. The van der Waals surface area contributed by atoms with Crippen LogP contribution in [-0.2, 0) is 0 Å². The molecule has 0 aromatic heterocycles. The number of hydrogen-bond acceptors (Lipinski definition) is 1. The molecule has 0 bridgehead atoms. The van der Waals surface area contributed by atoms with Crippen molar-refractivity contribution in [2.75, 3.05) is 0 Å². The second-order valence-electron chi connectivity index (χ2n) is 3.75. The van der Waals surface area contributed by atoms with Crippen LogP contribution >= 0.6 is 11.8 Å². The smallest absolute Gasteiger partial charge is 0.0122 e. The quantitative estimate of drug-likeness (QED) is 0.532. The lowest BCUT2D eigenvalue weighted by atomic mass is 9.86. The Morgan fingerprint density at radius 1 is 1.36 bits per heavy atom. The number of allylic oxidation sites excluding steroid dienone is 2. The first-order chi connectivity index (χ1) is 5.36. The van der Waals surface area contributed by atoms with Crippen LogP contribution in [0.3, 0.4) is 0 Å². The molecule has 0 spiro atoms. The van der Waals surface area contributed by atoms with Gasteiger partial charge in [0, 0.05) is 5.25 Å². The summed E-state index contributed by atoms with van der Waals surface area (Å²) < 4.78 is 0. The van der Waals surface area contributed by atoms with Gasteiger partial charge in [-0.2, -0.15) is 0 Å². The summed E-state index contributed by atoms with van der Waals surface area (Å²) in [6.07, 6.45) is 9.71. The molecule has 2 rings (SSSR count). The summed E-state index contributed by atoms with van der Waals surface area (Å²) in [5.41, 5.74) is 0. The van der Waals surface area contributed by atoms with Crippen LogP contribution in [0.15, 0.2) is 11.0 Å². The molecule has 0 aromatic carbocycles. The van der Waals surface area contributed by atoms with Gasteiger partial charge in [0.15, 0.2) is 0 Å². The number of rotatable bonds is 0. The van der Waals surface area contributed by atoms with Crippen molar-refractivity contribution >= 4 is 11.8 Å². The standard InChI is InChI=1S/C10H16S/c1-8-6-7-9-4-2-3-5-10(9)11-8/h6,9-10H,2-5,7H2,1H3. The van der Waals surface area contributed by atoms with Gasteiger partial charge in [0.05, 0.1) is 0 Å². The van der Waals surface area contributed by atoms with Gasteiger partial charge >= 0.3 is 0 Å². The summed E-state index contributed by atoms with van der Waals surface area (Å²) in [5, 5.41) is 0.980. The first kappa shape index (κ1) is 7.72. The highest BCUT2D eigenvalue weighted by Crippen LogP contribution is 2.42. The molecule has 0 radical (unpaired) electrons. The number of thioether (sulfide) groups is 1.